The van der Waals surface area contributed by atoms with Crippen LogP contribution in [0.2, 0.25) is 0 Å². The van der Waals surface area contributed by atoms with Crippen LogP contribution in [0.3, 0.4) is 0 Å². The largest absolute Gasteiger partial charge is 0.396 e. The lowest BCUT2D eigenvalue weighted by Gasteiger charge is -2.24. The topological polar surface area (TPSA) is 32.3 Å². The number of rotatable bonds is 7. The first-order valence-electron chi connectivity index (χ1n) is 7.60. The minimum absolute atomic E-state index is 0.246. The molecule has 0 aliphatic rings. The second-order valence-electron chi connectivity index (χ2n) is 5.59. The summed E-state index contributed by atoms with van der Waals surface area (Å²) < 4.78 is 0. The number of thiophene rings is 1. The summed E-state index contributed by atoms with van der Waals surface area (Å²) in [6.07, 6.45) is 1.77. The van der Waals surface area contributed by atoms with Crippen LogP contribution in [-0.2, 0) is 0 Å². The van der Waals surface area contributed by atoms with E-state index in [4.69, 9.17) is 5.11 Å². The first-order chi connectivity index (χ1) is 10.1. The number of hydrogen-bond donors (Lipinski definition) is 2. The number of aliphatic hydroxyl groups excluding tert-OH is 1. The van der Waals surface area contributed by atoms with Gasteiger partial charge in [0.15, 0.2) is 0 Å². The minimum atomic E-state index is 0.246. The lowest BCUT2D eigenvalue weighted by molar-refractivity contribution is 0.272. The summed E-state index contributed by atoms with van der Waals surface area (Å²) in [5.74, 6) is 0. The van der Waals surface area contributed by atoms with Gasteiger partial charge < -0.3 is 10.4 Å². The highest BCUT2D eigenvalue weighted by atomic mass is 32.1. The zero-order valence-electron chi connectivity index (χ0n) is 13.1. The molecule has 0 saturated heterocycles. The Hall–Kier alpha value is -1.16. The molecular weight excluding hydrogens is 278 g/mol. The number of nitrogens with one attached hydrogen (secondary N) is 1. The van der Waals surface area contributed by atoms with Crippen molar-refractivity contribution in [2.45, 2.75) is 45.7 Å². The van der Waals surface area contributed by atoms with Gasteiger partial charge in [-0.05, 0) is 50.8 Å². The molecule has 0 amide bonds. The Morgan fingerprint density at radius 3 is 2.48 bits per heavy atom. The van der Waals surface area contributed by atoms with Crippen molar-refractivity contribution in [1.29, 1.82) is 0 Å². The molecule has 0 radical (unpaired) electrons. The van der Waals surface area contributed by atoms with Crippen LogP contribution in [0.25, 0.3) is 0 Å². The van der Waals surface area contributed by atoms with Gasteiger partial charge in [0, 0.05) is 28.4 Å². The average molecular weight is 303 g/mol. The first kappa shape index (κ1) is 16.2. The van der Waals surface area contributed by atoms with E-state index in [9.17, 15) is 0 Å². The fraction of sp³-hybridized carbons (Fsp3) is 0.444. The maximum atomic E-state index is 9.13. The summed E-state index contributed by atoms with van der Waals surface area (Å²) in [5, 5.41) is 12.9. The van der Waals surface area contributed by atoms with Crippen molar-refractivity contribution in [3.8, 4) is 0 Å². The van der Waals surface area contributed by atoms with Crippen molar-refractivity contribution >= 4 is 11.3 Å². The van der Waals surface area contributed by atoms with E-state index in [1.165, 1.54) is 20.9 Å². The summed E-state index contributed by atoms with van der Waals surface area (Å²) in [4.78, 5) is 2.75. The zero-order chi connectivity index (χ0) is 15.2. The van der Waals surface area contributed by atoms with Crippen molar-refractivity contribution in [3.05, 3.63) is 57.3 Å². The lowest BCUT2D eigenvalue weighted by atomic mass is 9.99. The van der Waals surface area contributed by atoms with Gasteiger partial charge in [-0.1, -0.05) is 30.3 Å². The average Bonchev–Trinajstić information content (AvgIpc) is 2.83. The van der Waals surface area contributed by atoms with Crippen molar-refractivity contribution in [2.24, 2.45) is 0 Å². The van der Waals surface area contributed by atoms with Crippen molar-refractivity contribution < 1.29 is 5.11 Å². The molecule has 1 aromatic heterocycles. The molecule has 0 bridgehead atoms. The molecule has 0 unspecified atom stereocenters. The molecule has 2 atom stereocenters. The van der Waals surface area contributed by atoms with Gasteiger partial charge in [0.25, 0.3) is 0 Å². The van der Waals surface area contributed by atoms with Crippen LogP contribution in [0.15, 0.2) is 36.4 Å². The Morgan fingerprint density at radius 2 is 1.90 bits per heavy atom. The molecular formula is C18H25NOS. The predicted octanol–water partition coefficient (Wildman–Crippen LogP) is 4.53. The molecule has 0 spiro atoms. The first-order valence-corrected chi connectivity index (χ1v) is 8.42. The van der Waals surface area contributed by atoms with Crippen LogP contribution in [0.1, 0.15) is 52.7 Å². The van der Waals surface area contributed by atoms with Crippen molar-refractivity contribution in [3.63, 3.8) is 0 Å². The molecule has 2 aromatic rings. The highest BCUT2D eigenvalue weighted by Gasteiger charge is 2.17. The summed E-state index contributed by atoms with van der Waals surface area (Å²) in [6.45, 7) is 6.82. The fourth-order valence-corrected chi connectivity index (χ4v) is 3.82. The van der Waals surface area contributed by atoms with E-state index in [1.54, 1.807) is 0 Å². The van der Waals surface area contributed by atoms with Crippen LogP contribution >= 0.6 is 11.3 Å². The molecule has 2 rings (SSSR count). The van der Waals surface area contributed by atoms with E-state index in [2.05, 4.69) is 56.4 Å². The molecule has 0 aliphatic carbocycles. The third kappa shape index (κ3) is 4.40. The molecule has 114 valence electrons. The van der Waals surface area contributed by atoms with Gasteiger partial charge in [-0.3, -0.25) is 0 Å². The maximum Gasteiger partial charge on any atom is 0.0431 e. The van der Waals surface area contributed by atoms with Crippen LogP contribution in [0, 0.1) is 13.8 Å². The lowest BCUT2D eigenvalue weighted by Crippen LogP contribution is -2.25. The fourth-order valence-electron chi connectivity index (χ4n) is 2.80. The molecule has 21 heavy (non-hydrogen) atoms. The number of aryl methyl sites for hydroxylation is 2. The number of hydrogen-bond acceptors (Lipinski definition) is 3. The van der Waals surface area contributed by atoms with Crippen LogP contribution in [0.5, 0.6) is 0 Å². The molecule has 3 heteroatoms. The van der Waals surface area contributed by atoms with Gasteiger partial charge in [0.2, 0.25) is 0 Å². The maximum absolute atomic E-state index is 9.13. The Morgan fingerprint density at radius 1 is 1.19 bits per heavy atom. The van der Waals surface area contributed by atoms with Crippen molar-refractivity contribution in [1.82, 2.24) is 5.32 Å². The summed E-state index contributed by atoms with van der Waals surface area (Å²) in [6, 6.07) is 13.4. The number of aliphatic hydroxyl groups is 1. The van der Waals surface area contributed by atoms with Crippen LogP contribution in [0.4, 0.5) is 0 Å². The highest BCUT2D eigenvalue weighted by molar-refractivity contribution is 7.12. The molecule has 1 aromatic carbocycles. The van der Waals surface area contributed by atoms with Gasteiger partial charge in [0.1, 0.15) is 0 Å². The molecule has 0 fully saturated rings. The molecule has 2 nitrogen and oxygen atoms in total. The second-order valence-corrected chi connectivity index (χ2v) is 7.05. The molecule has 0 aliphatic heterocycles. The van der Waals surface area contributed by atoms with Gasteiger partial charge in [-0.15, -0.1) is 11.3 Å². The van der Waals surface area contributed by atoms with E-state index < -0.39 is 0 Å². The SMILES string of the molecule is Cc1cc([C@@H](C)N[C@H](CCCO)c2ccccc2)c(C)s1. The second kappa shape index (κ2) is 7.74. The third-order valence-electron chi connectivity index (χ3n) is 3.85. The smallest absolute Gasteiger partial charge is 0.0431 e. The monoisotopic (exact) mass is 303 g/mol. The Bertz CT molecular complexity index is 550. The Balaban J connectivity index is 2.13. The summed E-state index contributed by atoms with van der Waals surface area (Å²) in [7, 11) is 0. The molecule has 1 heterocycles. The van der Waals surface area contributed by atoms with Crippen molar-refractivity contribution in [2.75, 3.05) is 6.61 Å². The van der Waals surface area contributed by atoms with E-state index in [0.717, 1.165) is 12.8 Å². The van der Waals surface area contributed by atoms with Gasteiger partial charge in [-0.2, -0.15) is 0 Å². The van der Waals surface area contributed by atoms with E-state index in [-0.39, 0.29) is 12.6 Å². The zero-order valence-corrected chi connectivity index (χ0v) is 13.9. The Labute approximate surface area is 131 Å². The van der Waals surface area contributed by atoms with E-state index in [0.29, 0.717) is 6.04 Å². The number of benzene rings is 1. The van der Waals surface area contributed by atoms with Gasteiger partial charge in [-0.25, -0.2) is 0 Å². The normalized spacial score (nSPS) is 14.1. The van der Waals surface area contributed by atoms with E-state index in [1.807, 2.05) is 17.4 Å². The predicted molar refractivity (Wildman–Crippen MR) is 90.8 cm³/mol. The Kier molecular flexibility index (Phi) is 5.97. The van der Waals surface area contributed by atoms with Crippen LogP contribution in [-0.4, -0.2) is 11.7 Å². The summed E-state index contributed by atoms with van der Waals surface area (Å²) in [5.41, 5.74) is 2.69. The van der Waals surface area contributed by atoms with Crippen LogP contribution < -0.4 is 5.32 Å². The minimum Gasteiger partial charge on any atom is -0.396 e. The van der Waals surface area contributed by atoms with Gasteiger partial charge in [0.05, 0.1) is 0 Å². The van der Waals surface area contributed by atoms with E-state index >= 15 is 0 Å². The summed E-state index contributed by atoms with van der Waals surface area (Å²) >= 11 is 1.86. The molecule has 2 N–H and O–H groups in total. The highest BCUT2D eigenvalue weighted by Crippen LogP contribution is 2.29. The molecule has 0 saturated carbocycles. The standard InChI is InChI=1S/C18H25NOS/c1-13-12-17(15(3)21-13)14(2)19-18(10-7-11-20)16-8-5-4-6-9-16/h4-6,8-9,12,14,18-20H,7,10-11H2,1-3H3/t14-,18-/m1/s1. The van der Waals surface area contributed by atoms with Gasteiger partial charge >= 0.3 is 0 Å². The third-order valence-corrected chi connectivity index (χ3v) is 4.83. The quantitative estimate of drug-likeness (QED) is 0.787.